The van der Waals surface area contributed by atoms with Gasteiger partial charge in [-0.1, -0.05) is 30.3 Å². The lowest BCUT2D eigenvalue weighted by Crippen LogP contribution is -2.30. The summed E-state index contributed by atoms with van der Waals surface area (Å²) >= 11 is 0. The first-order valence-electron chi connectivity index (χ1n) is 8.92. The average Bonchev–Trinajstić information content (AvgIpc) is 2.77. The van der Waals surface area contributed by atoms with Crippen LogP contribution in [0.3, 0.4) is 0 Å². The van der Waals surface area contributed by atoms with Crippen molar-refractivity contribution < 1.29 is 22.6 Å². The predicted octanol–water partition coefficient (Wildman–Crippen LogP) is 4.11. The van der Waals surface area contributed by atoms with Crippen molar-refractivity contribution >= 4 is 15.7 Å². The number of nitrogens with zero attached hydrogens (tertiary/aromatic N) is 1. The first-order valence-corrected chi connectivity index (χ1v) is 10.4. The maximum atomic E-state index is 13.4. The third-order valence-corrected chi connectivity index (χ3v) is 6.26. The fraction of sp³-hybridized carbons (Fsp3) is 0.182. The van der Waals surface area contributed by atoms with Crippen molar-refractivity contribution in [2.24, 2.45) is 0 Å². The molecule has 0 aromatic heterocycles. The van der Waals surface area contributed by atoms with Gasteiger partial charge in [-0.25, -0.2) is 8.42 Å². The van der Waals surface area contributed by atoms with E-state index < -0.39 is 10.0 Å². The Balaban J connectivity index is 2.08. The molecule has 0 spiro atoms. The average molecular weight is 413 g/mol. The van der Waals surface area contributed by atoms with Crippen LogP contribution in [-0.4, -0.2) is 29.7 Å². The lowest BCUT2D eigenvalue weighted by molar-refractivity contribution is 0.355. The highest BCUT2D eigenvalue weighted by Crippen LogP contribution is 2.34. The molecule has 0 aliphatic carbocycles. The Bertz CT molecular complexity index is 1050. The van der Waals surface area contributed by atoms with Crippen molar-refractivity contribution in [1.29, 1.82) is 0 Å². The molecule has 0 bridgehead atoms. The number of ether oxygens (including phenoxy) is 3. The topological polar surface area (TPSA) is 65.1 Å². The third-order valence-electron chi connectivity index (χ3n) is 4.47. The van der Waals surface area contributed by atoms with Crippen LogP contribution in [0.5, 0.6) is 17.2 Å². The maximum Gasteiger partial charge on any atom is 0.264 e. The standard InChI is InChI=1S/C22H23NO5S/c1-26-19-12-9-17(10-13-19)16-23(29(24,25)20-7-5-4-6-8-20)18-11-14-21(27-2)22(15-18)28-3/h4-15H,16H2,1-3H3. The molecule has 29 heavy (non-hydrogen) atoms. The van der Waals surface area contributed by atoms with Gasteiger partial charge in [0.15, 0.2) is 11.5 Å². The quantitative estimate of drug-likeness (QED) is 0.556. The Labute approximate surface area is 171 Å². The van der Waals surface area contributed by atoms with Crippen LogP contribution in [0.15, 0.2) is 77.7 Å². The largest absolute Gasteiger partial charge is 0.497 e. The maximum absolute atomic E-state index is 13.4. The molecule has 0 fully saturated rings. The molecule has 0 amide bonds. The van der Waals surface area contributed by atoms with E-state index in [9.17, 15) is 8.42 Å². The highest BCUT2D eigenvalue weighted by Gasteiger charge is 2.26. The molecule has 0 radical (unpaired) electrons. The Morgan fingerprint density at radius 3 is 2.00 bits per heavy atom. The summed E-state index contributed by atoms with van der Waals surface area (Å²) in [6.07, 6.45) is 0. The van der Waals surface area contributed by atoms with Gasteiger partial charge in [0.2, 0.25) is 0 Å². The number of anilines is 1. The van der Waals surface area contributed by atoms with Crippen LogP contribution in [0.25, 0.3) is 0 Å². The molecule has 3 rings (SSSR count). The van der Waals surface area contributed by atoms with Gasteiger partial charge in [-0.05, 0) is 42.0 Å². The van der Waals surface area contributed by atoms with Gasteiger partial charge in [0, 0.05) is 6.07 Å². The van der Waals surface area contributed by atoms with Gasteiger partial charge in [-0.2, -0.15) is 0 Å². The van der Waals surface area contributed by atoms with Gasteiger partial charge in [-0.3, -0.25) is 4.31 Å². The number of hydrogen-bond donors (Lipinski definition) is 0. The zero-order chi connectivity index (χ0) is 20.9. The summed E-state index contributed by atoms with van der Waals surface area (Å²) in [7, 11) is 0.831. The number of hydrogen-bond acceptors (Lipinski definition) is 5. The molecular formula is C22H23NO5S. The molecule has 152 valence electrons. The van der Waals surface area contributed by atoms with Crippen molar-refractivity contribution in [3.63, 3.8) is 0 Å². The highest BCUT2D eigenvalue weighted by molar-refractivity contribution is 7.92. The fourth-order valence-electron chi connectivity index (χ4n) is 2.91. The molecule has 7 heteroatoms. The second-order valence-corrected chi connectivity index (χ2v) is 8.07. The Hall–Kier alpha value is -3.19. The van der Waals surface area contributed by atoms with E-state index in [1.165, 1.54) is 18.5 Å². The molecule has 3 aromatic carbocycles. The molecule has 0 saturated carbocycles. The van der Waals surface area contributed by atoms with E-state index in [1.54, 1.807) is 67.8 Å². The van der Waals surface area contributed by atoms with E-state index in [0.717, 1.165) is 5.56 Å². The van der Waals surface area contributed by atoms with Crippen LogP contribution in [0, 0.1) is 0 Å². The van der Waals surface area contributed by atoms with E-state index in [4.69, 9.17) is 14.2 Å². The van der Waals surface area contributed by atoms with Gasteiger partial charge in [0.1, 0.15) is 5.75 Å². The zero-order valence-corrected chi connectivity index (χ0v) is 17.3. The Kier molecular flexibility index (Phi) is 6.29. The van der Waals surface area contributed by atoms with E-state index >= 15 is 0 Å². The highest BCUT2D eigenvalue weighted by atomic mass is 32.2. The van der Waals surface area contributed by atoms with Crippen LogP contribution in [-0.2, 0) is 16.6 Å². The number of methoxy groups -OCH3 is 3. The Morgan fingerprint density at radius 1 is 0.759 bits per heavy atom. The van der Waals surface area contributed by atoms with Gasteiger partial charge in [-0.15, -0.1) is 0 Å². The minimum absolute atomic E-state index is 0.150. The van der Waals surface area contributed by atoms with E-state index in [2.05, 4.69) is 0 Å². The van der Waals surface area contributed by atoms with Gasteiger partial charge in [0.05, 0.1) is 38.5 Å². The van der Waals surface area contributed by atoms with Crippen LogP contribution < -0.4 is 18.5 Å². The molecular weight excluding hydrogens is 390 g/mol. The monoisotopic (exact) mass is 413 g/mol. The van der Waals surface area contributed by atoms with E-state index in [-0.39, 0.29) is 11.4 Å². The number of benzene rings is 3. The summed E-state index contributed by atoms with van der Waals surface area (Å²) in [6.45, 7) is 0.150. The minimum atomic E-state index is -3.81. The lowest BCUT2D eigenvalue weighted by atomic mass is 10.2. The third kappa shape index (κ3) is 4.46. The Morgan fingerprint density at radius 2 is 1.41 bits per heavy atom. The van der Waals surface area contributed by atoms with Crippen molar-refractivity contribution in [3.8, 4) is 17.2 Å². The molecule has 0 aliphatic heterocycles. The summed E-state index contributed by atoms with van der Waals surface area (Å²) in [6, 6.07) is 20.7. The van der Waals surface area contributed by atoms with Gasteiger partial charge >= 0.3 is 0 Å². The van der Waals surface area contributed by atoms with Gasteiger partial charge in [0.25, 0.3) is 10.0 Å². The van der Waals surface area contributed by atoms with Crippen LogP contribution in [0.1, 0.15) is 5.56 Å². The van der Waals surface area contributed by atoms with E-state index in [1.807, 2.05) is 12.1 Å². The van der Waals surface area contributed by atoms with Crippen molar-refractivity contribution in [2.45, 2.75) is 11.4 Å². The number of rotatable bonds is 8. The smallest absolute Gasteiger partial charge is 0.264 e. The van der Waals surface area contributed by atoms with Crippen LogP contribution >= 0.6 is 0 Å². The molecule has 0 atom stereocenters. The van der Waals surface area contributed by atoms with E-state index in [0.29, 0.717) is 22.9 Å². The van der Waals surface area contributed by atoms with Crippen molar-refractivity contribution in [1.82, 2.24) is 0 Å². The molecule has 0 unspecified atom stereocenters. The molecule has 0 saturated heterocycles. The SMILES string of the molecule is COc1ccc(CN(c2ccc(OC)c(OC)c2)S(=O)(=O)c2ccccc2)cc1. The summed E-state index contributed by atoms with van der Waals surface area (Å²) < 4.78 is 44.1. The second-order valence-electron chi connectivity index (χ2n) is 6.21. The minimum Gasteiger partial charge on any atom is -0.497 e. The van der Waals surface area contributed by atoms with Crippen LogP contribution in [0.4, 0.5) is 5.69 Å². The lowest BCUT2D eigenvalue weighted by Gasteiger charge is -2.25. The van der Waals surface area contributed by atoms with Crippen LogP contribution in [0.2, 0.25) is 0 Å². The predicted molar refractivity (Wildman–Crippen MR) is 112 cm³/mol. The normalized spacial score (nSPS) is 11.0. The molecule has 6 nitrogen and oxygen atoms in total. The summed E-state index contributed by atoms with van der Waals surface area (Å²) in [5.41, 5.74) is 1.29. The van der Waals surface area contributed by atoms with Gasteiger partial charge < -0.3 is 14.2 Å². The second kappa shape index (κ2) is 8.87. The summed E-state index contributed by atoms with van der Waals surface area (Å²) in [5.74, 6) is 1.68. The van der Waals surface area contributed by atoms with Crippen molar-refractivity contribution in [3.05, 3.63) is 78.4 Å². The fourth-order valence-corrected chi connectivity index (χ4v) is 4.38. The summed E-state index contributed by atoms with van der Waals surface area (Å²) in [5, 5.41) is 0. The molecule has 0 aliphatic rings. The summed E-state index contributed by atoms with van der Waals surface area (Å²) in [4.78, 5) is 0.211. The van der Waals surface area contributed by atoms with Crippen molar-refractivity contribution in [2.75, 3.05) is 25.6 Å². The first-order chi connectivity index (χ1) is 14.0. The first kappa shape index (κ1) is 20.5. The molecule has 3 aromatic rings. The zero-order valence-electron chi connectivity index (χ0n) is 16.5. The molecule has 0 heterocycles. The molecule has 0 N–H and O–H groups in total. The number of sulfonamides is 1.